The summed E-state index contributed by atoms with van der Waals surface area (Å²) in [7, 11) is 0. The van der Waals surface area contributed by atoms with Crippen LogP contribution in [0.5, 0.6) is 0 Å². The Balaban J connectivity index is 1.71. The number of hydrazone groups is 1. The van der Waals surface area contributed by atoms with Crippen LogP contribution < -0.4 is 11.0 Å². The Hall–Kier alpha value is -2.80. The molecule has 0 fully saturated rings. The molecule has 6 nitrogen and oxygen atoms in total. The summed E-state index contributed by atoms with van der Waals surface area (Å²) in [6.07, 6.45) is 1.54. The van der Waals surface area contributed by atoms with Crippen molar-refractivity contribution in [1.29, 1.82) is 0 Å². The summed E-state index contributed by atoms with van der Waals surface area (Å²) < 4.78 is 0. The molecule has 3 aromatic rings. The molecule has 128 valence electrons. The molecule has 0 aliphatic carbocycles. The molecule has 0 saturated carbocycles. The van der Waals surface area contributed by atoms with E-state index in [2.05, 4.69) is 20.5 Å². The standard InChI is InChI=1S/C18H18N4O2S/c1-10-5-4-6-13(7-10)9-19-22-15(23)8-14-20-17(24)16-11(2)12(3)25-18(16)21-14/h4-7,9H,8H2,1-3H3,(H,22,23)(H,20,21,24)/b19-9-. The van der Waals surface area contributed by atoms with Gasteiger partial charge in [0, 0.05) is 4.88 Å². The van der Waals surface area contributed by atoms with E-state index in [1.165, 1.54) is 11.3 Å². The van der Waals surface area contributed by atoms with Crippen LogP contribution in [-0.4, -0.2) is 22.1 Å². The maximum atomic E-state index is 12.2. The minimum absolute atomic E-state index is 0.0354. The number of H-pyrrole nitrogens is 1. The van der Waals surface area contributed by atoms with Gasteiger partial charge in [0.2, 0.25) is 5.91 Å². The Labute approximate surface area is 148 Å². The lowest BCUT2D eigenvalue weighted by Crippen LogP contribution is -2.23. The van der Waals surface area contributed by atoms with Crippen LogP contribution in [0.1, 0.15) is 27.4 Å². The van der Waals surface area contributed by atoms with Gasteiger partial charge in [0.15, 0.2) is 0 Å². The third kappa shape index (κ3) is 3.83. The van der Waals surface area contributed by atoms with Gasteiger partial charge in [-0.05, 0) is 31.9 Å². The Morgan fingerprint density at radius 2 is 2.16 bits per heavy atom. The van der Waals surface area contributed by atoms with E-state index in [0.29, 0.717) is 16.0 Å². The van der Waals surface area contributed by atoms with E-state index >= 15 is 0 Å². The summed E-state index contributed by atoms with van der Waals surface area (Å²) in [4.78, 5) is 33.0. The predicted octanol–water partition coefficient (Wildman–Crippen LogP) is 2.60. The zero-order valence-electron chi connectivity index (χ0n) is 14.2. The number of carbonyl (C=O) groups is 1. The second kappa shape index (κ2) is 6.98. The van der Waals surface area contributed by atoms with E-state index in [0.717, 1.165) is 21.6 Å². The lowest BCUT2D eigenvalue weighted by atomic mass is 10.2. The van der Waals surface area contributed by atoms with Crippen molar-refractivity contribution in [3.05, 3.63) is 62.0 Å². The summed E-state index contributed by atoms with van der Waals surface area (Å²) in [5, 5.41) is 4.54. The number of hydrogen-bond acceptors (Lipinski definition) is 5. The van der Waals surface area contributed by atoms with Crippen molar-refractivity contribution in [2.24, 2.45) is 5.10 Å². The Bertz CT molecular complexity index is 1030. The molecule has 0 spiro atoms. The van der Waals surface area contributed by atoms with E-state index in [4.69, 9.17) is 0 Å². The molecule has 0 radical (unpaired) electrons. The fourth-order valence-corrected chi connectivity index (χ4v) is 3.55. The Morgan fingerprint density at radius 3 is 2.92 bits per heavy atom. The molecular formula is C18H18N4O2S. The Morgan fingerprint density at radius 1 is 1.36 bits per heavy atom. The molecule has 2 heterocycles. The van der Waals surface area contributed by atoms with E-state index in [9.17, 15) is 9.59 Å². The van der Waals surface area contributed by atoms with Crippen LogP contribution in [-0.2, 0) is 11.2 Å². The number of rotatable bonds is 4. The first-order valence-electron chi connectivity index (χ1n) is 7.81. The number of fused-ring (bicyclic) bond motifs is 1. The number of aromatic amines is 1. The van der Waals surface area contributed by atoms with E-state index in [1.54, 1.807) is 6.21 Å². The van der Waals surface area contributed by atoms with Gasteiger partial charge in [-0.3, -0.25) is 9.59 Å². The van der Waals surface area contributed by atoms with E-state index < -0.39 is 0 Å². The van der Waals surface area contributed by atoms with Crippen LogP contribution in [0.15, 0.2) is 34.2 Å². The number of nitrogens with zero attached hydrogens (tertiary/aromatic N) is 2. The second-order valence-corrected chi connectivity index (χ2v) is 7.06. The number of benzene rings is 1. The number of nitrogens with one attached hydrogen (secondary N) is 2. The average molecular weight is 354 g/mol. The molecule has 0 bridgehead atoms. The van der Waals surface area contributed by atoms with Gasteiger partial charge in [-0.15, -0.1) is 11.3 Å². The first-order valence-corrected chi connectivity index (χ1v) is 8.63. The van der Waals surface area contributed by atoms with Crippen molar-refractivity contribution < 1.29 is 4.79 Å². The quantitative estimate of drug-likeness (QED) is 0.558. The zero-order valence-corrected chi connectivity index (χ0v) is 15.0. The molecule has 0 aliphatic rings. The lowest BCUT2D eigenvalue weighted by Gasteiger charge is -2.01. The normalized spacial score (nSPS) is 11.3. The smallest absolute Gasteiger partial charge is 0.259 e. The molecule has 2 aromatic heterocycles. The highest BCUT2D eigenvalue weighted by molar-refractivity contribution is 7.18. The summed E-state index contributed by atoms with van der Waals surface area (Å²) in [5.41, 5.74) is 5.20. The fourth-order valence-electron chi connectivity index (χ4n) is 2.50. The molecule has 0 aliphatic heterocycles. The summed E-state index contributed by atoms with van der Waals surface area (Å²) >= 11 is 1.46. The van der Waals surface area contributed by atoms with Gasteiger partial charge in [0.25, 0.3) is 5.56 Å². The number of amides is 1. The molecule has 2 N–H and O–H groups in total. The summed E-state index contributed by atoms with van der Waals surface area (Å²) in [5.74, 6) is -0.00147. The number of thiophene rings is 1. The van der Waals surface area contributed by atoms with Gasteiger partial charge in [-0.25, -0.2) is 10.4 Å². The predicted molar refractivity (Wildman–Crippen MR) is 100 cm³/mol. The molecule has 1 aromatic carbocycles. The number of aromatic nitrogens is 2. The lowest BCUT2D eigenvalue weighted by molar-refractivity contribution is -0.120. The fraction of sp³-hybridized carbons (Fsp3) is 0.222. The second-order valence-electron chi connectivity index (χ2n) is 5.86. The largest absolute Gasteiger partial charge is 0.309 e. The minimum atomic E-state index is -0.337. The maximum Gasteiger partial charge on any atom is 0.259 e. The van der Waals surface area contributed by atoms with E-state index in [1.807, 2.05) is 45.0 Å². The summed E-state index contributed by atoms with van der Waals surface area (Å²) in [6, 6.07) is 7.77. The van der Waals surface area contributed by atoms with Crippen molar-refractivity contribution in [3.63, 3.8) is 0 Å². The number of carbonyl (C=O) groups excluding carboxylic acids is 1. The van der Waals surface area contributed by atoms with Crippen molar-refractivity contribution in [1.82, 2.24) is 15.4 Å². The number of aryl methyl sites for hydroxylation is 3. The van der Waals surface area contributed by atoms with Gasteiger partial charge in [-0.1, -0.05) is 29.8 Å². The first-order chi connectivity index (χ1) is 11.9. The molecule has 3 rings (SSSR count). The van der Waals surface area contributed by atoms with Crippen molar-refractivity contribution in [3.8, 4) is 0 Å². The van der Waals surface area contributed by atoms with Gasteiger partial charge in [0.05, 0.1) is 18.0 Å². The molecule has 0 saturated heterocycles. The number of hydrogen-bond donors (Lipinski definition) is 2. The molecule has 25 heavy (non-hydrogen) atoms. The van der Waals surface area contributed by atoms with Crippen LogP contribution in [0.25, 0.3) is 10.2 Å². The minimum Gasteiger partial charge on any atom is -0.309 e. The van der Waals surface area contributed by atoms with E-state index in [-0.39, 0.29) is 17.9 Å². The van der Waals surface area contributed by atoms with Crippen molar-refractivity contribution >= 4 is 33.7 Å². The van der Waals surface area contributed by atoms with Gasteiger partial charge >= 0.3 is 0 Å². The van der Waals surface area contributed by atoms with Gasteiger partial charge < -0.3 is 4.98 Å². The van der Waals surface area contributed by atoms with Crippen LogP contribution >= 0.6 is 11.3 Å². The van der Waals surface area contributed by atoms with Gasteiger partial charge in [0.1, 0.15) is 10.7 Å². The highest BCUT2D eigenvalue weighted by Gasteiger charge is 2.13. The highest BCUT2D eigenvalue weighted by Crippen LogP contribution is 2.25. The maximum absolute atomic E-state index is 12.2. The third-order valence-electron chi connectivity index (χ3n) is 3.86. The Kier molecular flexibility index (Phi) is 4.76. The van der Waals surface area contributed by atoms with Crippen LogP contribution in [0.4, 0.5) is 0 Å². The van der Waals surface area contributed by atoms with Crippen molar-refractivity contribution in [2.45, 2.75) is 27.2 Å². The first kappa shape index (κ1) is 17.0. The molecule has 0 unspecified atom stereocenters. The van der Waals surface area contributed by atoms with Crippen LogP contribution in [0, 0.1) is 20.8 Å². The third-order valence-corrected chi connectivity index (χ3v) is 4.96. The van der Waals surface area contributed by atoms with Gasteiger partial charge in [-0.2, -0.15) is 5.10 Å². The molecule has 7 heteroatoms. The zero-order chi connectivity index (χ0) is 18.0. The topological polar surface area (TPSA) is 87.2 Å². The highest BCUT2D eigenvalue weighted by atomic mass is 32.1. The van der Waals surface area contributed by atoms with Crippen LogP contribution in [0.3, 0.4) is 0 Å². The average Bonchev–Trinajstić information content (AvgIpc) is 2.82. The monoisotopic (exact) mass is 354 g/mol. The van der Waals surface area contributed by atoms with Crippen molar-refractivity contribution in [2.75, 3.05) is 0 Å². The summed E-state index contributed by atoms with van der Waals surface area (Å²) in [6.45, 7) is 5.84. The SMILES string of the molecule is Cc1cccc(/C=N\NC(=O)Cc2nc3sc(C)c(C)c3c(=O)[nH]2)c1. The molecule has 0 atom stereocenters. The molecular weight excluding hydrogens is 336 g/mol. The molecule has 1 amide bonds. The van der Waals surface area contributed by atoms with Crippen LogP contribution in [0.2, 0.25) is 0 Å².